The number of nitrogens with one attached hydrogen (secondary N) is 1. The van der Waals surface area contributed by atoms with Gasteiger partial charge in [-0.3, -0.25) is 9.10 Å². The first-order valence-electron chi connectivity index (χ1n) is 9.84. The van der Waals surface area contributed by atoms with E-state index in [0.29, 0.717) is 47.9 Å². The molecule has 2 aromatic carbocycles. The van der Waals surface area contributed by atoms with E-state index in [-0.39, 0.29) is 11.9 Å². The Morgan fingerprint density at radius 3 is 2.80 bits per heavy atom. The Morgan fingerprint density at radius 2 is 2.07 bits per heavy atom. The van der Waals surface area contributed by atoms with E-state index >= 15 is 0 Å². The van der Waals surface area contributed by atoms with Gasteiger partial charge in [-0.1, -0.05) is 12.1 Å². The highest BCUT2D eigenvalue weighted by Gasteiger charge is 2.27. The van der Waals surface area contributed by atoms with Gasteiger partial charge in [0.25, 0.3) is 5.91 Å². The first-order chi connectivity index (χ1) is 14.3. The summed E-state index contributed by atoms with van der Waals surface area (Å²) in [5.74, 6) is 1.07. The summed E-state index contributed by atoms with van der Waals surface area (Å²) in [4.78, 5) is 12.8. The van der Waals surface area contributed by atoms with Crippen molar-refractivity contribution in [2.75, 3.05) is 23.7 Å². The van der Waals surface area contributed by atoms with E-state index < -0.39 is 10.0 Å². The first kappa shape index (κ1) is 20.3. The van der Waals surface area contributed by atoms with Crippen LogP contribution >= 0.6 is 0 Å². The highest BCUT2D eigenvalue weighted by atomic mass is 32.2. The molecule has 0 bridgehead atoms. The Bertz CT molecular complexity index is 1220. The minimum Gasteiger partial charge on any atom is -0.490 e. The Kier molecular flexibility index (Phi) is 5.19. The van der Waals surface area contributed by atoms with Crippen molar-refractivity contribution < 1.29 is 22.4 Å². The molecule has 0 fully saturated rings. The highest BCUT2D eigenvalue weighted by molar-refractivity contribution is 7.92. The van der Waals surface area contributed by atoms with Crippen molar-refractivity contribution in [1.82, 2.24) is 5.32 Å². The van der Waals surface area contributed by atoms with Crippen LogP contribution in [0.15, 0.2) is 46.9 Å². The number of benzene rings is 2. The van der Waals surface area contributed by atoms with Crippen LogP contribution in [0.1, 0.15) is 41.6 Å². The number of ether oxygens (including phenoxy) is 1. The Morgan fingerprint density at radius 1 is 1.27 bits per heavy atom. The zero-order valence-corrected chi connectivity index (χ0v) is 18.0. The number of hydrogen-bond acceptors (Lipinski definition) is 5. The molecule has 1 unspecified atom stereocenters. The average molecular weight is 429 g/mol. The molecule has 3 aromatic rings. The molecule has 1 atom stereocenters. The van der Waals surface area contributed by atoms with Gasteiger partial charge in [0.2, 0.25) is 10.0 Å². The molecule has 0 radical (unpaired) electrons. The van der Waals surface area contributed by atoms with Crippen LogP contribution < -0.4 is 14.4 Å². The third-order valence-electron chi connectivity index (χ3n) is 5.20. The van der Waals surface area contributed by atoms with Crippen molar-refractivity contribution in [2.45, 2.75) is 26.3 Å². The van der Waals surface area contributed by atoms with E-state index in [1.54, 1.807) is 18.2 Å². The lowest BCUT2D eigenvalue weighted by atomic mass is 10.1. The largest absolute Gasteiger partial charge is 0.490 e. The molecule has 1 aromatic heterocycles. The lowest BCUT2D eigenvalue weighted by molar-refractivity contribution is 0.0935. The fraction of sp³-hybridized carbons (Fsp3) is 0.318. The van der Waals surface area contributed by atoms with Gasteiger partial charge in [0.15, 0.2) is 11.3 Å². The highest BCUT2D eigenvalue weighted by Crippen LogP contribution is 2.32. The normalized spacial score (nSPS) is 14.6. The summed E-state index contributed by atoms with van der Waals surface area (Å²) >= 11 is 0. The lowest BCUT2D eigenvalue weighted by Gasteiger charge is -2.17. The number of anilines is 1. The van der Waals surface area contributed by atoms with Crippen LogP contribution in [-0.2, 0) is 16.4 Å². The standard InChI is InChI=1S/C22H24N2O5S/c1-4-28-19-7-5-6-16-13-20(29-21(16)19)14(2)23-22(25)17-8-9-18-15(12-17)10-11-24(18)30(3,26)27/h5-9,12-14H,4,10-11H2,1-3H3,(H,23,25). The van der Waals surface area contributed by atoms with E-state index in [2.05, 4.69) is 5.32 Å². The quantitative estimate of drug-likeness (QED) is 0.647. The second-order valence-electron chi connectivity index (χ2n) is 7.38. The molecular weight excluding hydrogens is 404 g/mol. The molecule has 8 heteroatoms. The average Bonchev–Trinajstić information content (AvgIpc) is 3.32. The molecular formula is C22H24N2O5S. The number of hydrogen-bond donors (Lipinski definition) is 1. The first-order valence-corrected chi connectivity index (χ1v) is 11.7. The molecule has 1 aliphatic rings. The number of rotatable bonds is 6. The van der Waals surface area contributed by atoms with Crippen molar-refractivity contribution in [3.05, 3.63) is 59.4 Å². The summed E-state index contributed by atoms with van der Waals surface area (Å²) in [6.07, 6.45) is 1.78. The van der Waals surface area contributed by atoms with Gasteiger partial charge < -0.3 is 14.5 Å². The predicted molar refractivity (Wildman–Crippen MR) is 116 cm³/mol. The van der Waals surface area contributed by atoms with Crippen molar-refractivity contribution in [1.29, 1.82) is 0 Å². The molecule has 7 nitrogen and oxygen atoms in total. The number of carbonyl (C=O) groups excluding carboxylic acids is 1. The maximum Gasteiger partial charge on any atom is 0.251 e. The summed E-state index contributed by atoms with van der Waals surface area (Å²) < 4.78 is 36.7. The van der Waals surface area contributed by atoms with E-state index in [1.807, 2.05) is 38.1 Å². The SMILES string of the molecule is CCOc1cccc2cc(C(C)NC(=O)c3ccc4c(c3)CCN4S(C)(=O)=O)oc12. The number of furan rings is 1. The molecule has 30 heavy (non-hydrogen) atoms. The smallest absolute Gasteiger partial charge is 0.251 e. The Balaban J connectivity index is 1.53. The van der Waals surface area contributed by atoms with Crippen molar-refractivity contribution in [3.8, 4) is 5.75 Å². The van der Waals surface area contributed by atoms with E-state index in [9.17, 15) is 13.2 Å². The maximum atomic E-state index is 12.8. The van der Waals surface area contributed by atoms with Gasteiger partial charge in [-0.05, 0) is 56.2 Å². The number of para-hydroxylation sites is 1. The Hall–Kier alpha value is -3.00. The summed E-state index contributed by atoms with van der Waals surface area (Å²) in [6, 6.07) is 12.3. The zero-order chi connectivity index (χ0) is 21.5. The van der Waals surface area contributed by atoms with Gasteiger partial charge in [0.05, 0.1) is 24.6 Å². The van der Waals surface area contributed by atoms with Crippen molar-refractivity contribution >= 4 is 32.6 Å². The predicted octanol–water partition coefficient (Wildman–Crippen LogP) is 3.64. The van der Waals surface area contributed by atoms with Crippen LogP contribution in [0.4, 0.5) is 5.69 Å². The third kappa shape index (κ3) is 3.75. The fourth-order valence-corrected chi connectivity index (χ4v) is 4.71. The second-order valence-corrected chi connectivity index (χ2v) is 9.29. The van der Waals surface area contributed by atoms with Crippen LogP contribution in [0.5, 0.6) is 5.75 Å². The summed E-state index contributed by atoms with van der Waals surface area (Å²) in [7, 11) is -3.31. The summed E-state index contributed by atoms with van der Waals surface area (Å²) in [5, 5.41) is 3.86. The van der Waals surface area contributed by atoms with E-state index in [0.717, 1.165) is 10.9 Å². The molecule has 1 amide bonds. The molecule has 0 saturated carbocycles. The van der Waals surface area contributed by atoms with Crippen LogP contribution in [0, 0.1) is 0 Å². The number of amides is 1. The van der Waals surface area contributed by atoms with Crippen molar-refractivity contribution in [2.24, 2.45) is 0 Å². The minimum absolute atomic E-state index is 0.242. The maximum absolute atomic E-state index is 12.8. The number of carbonyl (C=O) groups is 1. The van der Waals surface area contributed by atoms with Crippen molar-refractivity contribution in [3.63, 3.8) is 0 Å². The summed E-state index contributed by atoms with van der Waals surface area (Å²) in [5.41, 5.74) is 2.64. The summed E-state index contributed by atoms with van der Waals surface area (Å²) in [6.45, 7) is 4.71. The van der Waals surface area contributed by atoms with Crippen LogP contribution in [0.2, 0.25) is 0 Å². The molecule has 0 aliphatic carbocycles. The monoisotopic (exact) mass is 428 g/mol. The van der Waals surface area contributed by atoms with Gasteiger partial charge in [-0.25, -0.2) is 8.42 Å². The molecule has 2 heterocycles. The third-order valence-corrected chi connectivity index (χ3v) is 6.38. The fourth-order valence-electron chi connectivity index (χ4n) is 3.75. The van der Waals surface area contributed by atoms with Crippen LogP contribution in [0.3, 0.4) is 0 Å². The minimum atomic E-state index is -3.31. The number of fused-ring (bicyclic) bond motifs is 2. The van der Waals surface area contributed by atoms with Gasteiger partial charge in [-0.2, -0.15) is 0 Å². The molecule has 1 aliphatic heterocycles. The zero-order valence-electron chi connectivity index (χ0n) is 17.1. The molecule has 158 valence electrons. The van der Waals surface area contributed by atoms with Gasteiger partial charge in [0.1, 0.15) is 5.76 Å². The number of nitrogens with zero attached hydrogens (tertiary/aromatic N) is 1. The van der Waals surface area contributed by atoms with Gasteiger partial charge in [0, 0.05) is 17.5 Å². The lowest BCUT2D eigenvalue weighted by Crippen LogP contribution is -2.28. The van der Waals surface area contributed by atoms with E-state index in [1.165, 1.54) is 10.6 Å². The number of sulfonamides is 1. The molecule has 1 N–H and O–H groups in total. The molecule has 0 spiro atoms. The Labute approximate surface area is 175 Å². The molecule has 0 saturated heterocycles. The second kappa shape index (κ2) is 7.68. The van der Waals surface area contributed by atoms with Crippen LogP contribution in [-0.4, -0.2) is 33.7 Å². The van der Waals surface area contributed by atoms with E-state index in [4.69, 9.17) is 9.15 Å². The van der Waals surface area contributed by atoms with Gasteiger partial charge >= 0.3 is 0 Å². The van der Waals surface area contributed by atoms with Gasteiger partial charge in [-0.15, -0.1) is 0 Å². The molecule has 4 rings (SSSR count). The van der Waals surface area contributed by atoms with Crippen LogP contribution in [0.25, 0.3) is 11.0 Å². The topological polar surface area (TPSA) is 88.9 Å².